The second-order valence-electron chi connectivity index (χ2n) is 8.79. The number of urea groups is 1. The molecular formula is C27H31N3O6. The number of carbonyl (C=O) groups is 3. The van der Waals surface area contributed by atoms with Crippen LogP contribution in [0.4, 0.5) is 9.59 Å². The molecule has 0 radical (unpaired) electrons. The molecule has 190 valence electrons. The van der Waals surface area contributed by atoms with Crippen molar-refractivity contribution in [3.8, 4) is 11.1 Å². The van der Waals surface area contributed by atoms with Gasteiger partial charge in [0.05, 0.1) is 6.26 Å². The SMILES string of the molecule is NC(=O)NCCCC(NC(=O)OCC1c2ccccc2-c2ccccc21)C(=O)OC[C@@H]1CCC=CO1. The lowest BCUT2D eigenvalue weighted by Gasteiger charge is -2.22. The van der Waals surface area contributed by atoms with Crippen LogP contribution in [0.2, 0.25) is 0 Å². The number of benzene rings is 2. The first-order valence-corrected chi connectivity index (χ1v) is 12.1. The smallest absolute Gasteiger partial charge is 0.407 e. The lowest BCUT2D eigenvalue weighted by molar-refractivity contribution is -0.149. The summed E-state index contributed by atoms with van der Waals surface area (Å²) in [5, 5.41) is 5.10. The van der Waals surface area contributed by atoms with Crippen LogP contribution in [0, 0.1) is 0 Å². The molecule has 2 atom stereocenters. The molecule has 1 aliphatic carbocycles. The van der Waals surface area contributed by atoms with Crippen LogP contribution in [0.3, 0.4) is 0 Å². The second kappa shape index (κ2) is 12.1. The van der Waals surface area contributed by atoms with Crippen molar-refractivity contribution < 1.29 is 28.6 Å². The fraction of sp³-hybridized carbons (Fsp3) is 0.370. The van der Waals surface area contributed by atoms with Gasteiger partial charge in [-0.2, -0.15) is 0 Å². The van der Waals surface area contributed by atoms with Gasteiger partial charge in [-0.1, -0.05) is 48.5 Å². The molecule has 0 saturated carbocycles. The van der Waals surface area contributed by atoms with Crippen LogP contribution >= 0.6 is 0 Å². The molecule has 3 amide bonds. The normalized spacial score (nSPS) is 16.7. The van der Waals surface area contributed by atoms with Gasteiger partial charge in [-0.15, -0.1) is 0 Å². The molecule has 2 aliphatic rings. The Morgan fingerprint density at radius 1 is 1.00 bits per heavy atom. The van der Waals surface area contributed by atoms with E-state index in [0.29, 0.717) is 6.42 Å². The lowest BCUT2D eigenvalue weighted by Crippen LogP contribution is -2.43. The number of carbonyl (C=O) groups excluding carboxylic acids is 3. The maximum atomic E-state index is 12.8. The molecule has 2 aromatic rings. The van der Waals surface area contributed by atoms with E-state index in [1.807, 2.05) is 42.5 Å². The number of nitrogens with one attached hydrogen (secondary N) is 2. The zero-order valence-corrected chi connectivity index (χ0v) is 20.0. The first-order chi connectivity index (χ1) is 17.5. The zero-order valence-electron chi connectivity index (χ0n) is 20.0. The van der Waals surface area contributed by atoms with Crippen LogP contribution in [0.25, 0.3) is 11.1 Å². The highest BCUT2D eigenvalue weighted by Crippen LogP contribution is 2.44. The van der Waals surface area contributed by atoms with Gasteiger partial charge in [0.1, 0.15) is 25.4 Å². The van der Waals surface area contributed by atoms with Crippen LogP contribution in [0.15, 0.2) is 60.9 Å². The van der Waals surface area contributed by atoms with E-state index in [1.165, 1.54) is 0 Å². The lowest BCUT2D eigenvalue weighted by atomic mass is 9.98. The largest absolute Gasteiger partial charge is 0.495 e. The first kappa shape index (κ1) is 25.1. The Hall–Kier alpha value is -4.01. The van der Waals surface area contributed by atoms with E-state index in [9.17, 15) is 14.4 Å². The predicted octanol–water partition coefficient (Wildman–Crippen LogP) is 3.58. The van der Waals surface area contributed by atoms with Crippen LogP contribution in [0.5, 0.6) is 0 Å². The Morgan fingerprint density at radius 3 is 2.33 bits per heavy atom. The molecule has 0 spiro atoms. The molecule has 4 N–H and O–H groups in total. The minimum Gasteiger partial charge on any atom is -0.495 e. The number of esters is 1. The van der Waals surface area contributed by atoms with Crippen molar-refractivity contribution in [3.63, 3.8) is 0 Å². The van der Waals surface area contributed by atoms with Crippen LogP contribution < -0.4 is 16.4 Å². The molecule has 4 rings (SSSR count). The molecule has 1 heterocycles. The summed E-state index contributed by atoms with van der Waals surface area (Å²) in [7, 11) is 0. The number of hydrogen-bond acceptors (Lipinski definition) is 6. The van der Waals surface area contributed by atoms with Crippen molar-refractivity contribution in [2.45, 2.75) is 43.7 Å². The number of amides is 3. The van der Waals surface area contributed by atoms with Crippen molar-refractivity contribution in [2.75, 3.05) is 19.8 Å². The van der Waals surface area contributed by atoms with Gasteiger partial charge < -0.3 is 30.6 Å². The highest BCUT2D eigenvalue weighted by Gasteiger charge is 2.30. The standard InChI is InChI=1S/C27H31N3O6/c28-26(32)29-14-7-13-24(25(31)35-16-18-8-5-6-15-34-18)30-27(33)36-17-23-21-11-3-1-9-19(21)20-10-2-4-12-22(20)23/h1-4,6,9-12,15,18,23-24H,5,7-8,13-14,16-17H2,(H,30,33)(H3,28,29,32)/t18-,24?/m0/s1. The molecule has 0 bridgehead atoms. The van der Waals surface area contributed by atoms with E-state index in [0.717, 1.165) is 35.1 Å². The third-order valence-electron chi connectivity index (χ3n) is 6.32. The molecular weight excluding hydrogens is 462 g/mol. The second-order valence-corrected chi connectivity index (χ2v) is 8.79. The third-order valence-corrected chi connectivity index (χ3v) is 6.32. The van der Waals surface area contributed by atoms with Gasteiger partial charge in [0, 0.05) is 12.5 Å². The number of primary amides is 1. The topological polar surface area (TPSA) is 129 Å². The third kappa shape index (κ3) is 6.35. The monoisotopic (exact) mass is 493 g/mol. The van der Waals surface area contributed by atoms with Crippen molar-refractivity contribution >= 4 is 18.1 Å². The fourth-order valence-corrected chi connectivity index (χ4v) is 4.53. The Labute approximate surface area is 210 Å². The van der Waals surface area contributed by atoms with Crippen LogP contribution in [-0.2, 0) is 19.0 Å². The predicted molar refractivity (Wildman–Crippen MR) is 133 cm³/mol. The maximum Gasteiger partial charge on any atom is 0.407 e. The summed E-state index contributed by atoms with van der Waals surface area (Å²) in [5.74, 6) is -0.675. The number of alkyl carbamates (subject to hydrolysis) is 1. The van der Waals surface area contributed by atoms with Crippen molar-refractivity contribution in [1.82, 2.24) is 10.6 Å². The zero-order chi connectivity index (χ0) is 25.3. The molecule has 0 fully saturated rings. The average Bonchev–Trinajstić information content (AvgIpc) is 3.22. The van der Waals surface area contributed by atoms with Crippen molar-refractivity contribution in [2.24, 2.45) is 5.73 Å². The molecule has 1 aliphatic heterocycles. The maximum absolute atomic E-state index is 12.8. The Morgan fingerprint density at radius 2 is 1.69 bits per heavy atom. The van der Waals surface area contributed by atoms with Gasteiger partial charge >= 0.3 is 18.1 Å². The summed E-state index contributed by atoms with van der Waals surface area (Å²) in [6, 6.07) is 14.5. The first-order valence-electron chi connectivity index (χ1n) is 12.1. The molecule has 9 heteroatoms. The van der Waals surface area contributed by atoms with Gasteiger partial charge in [0.15, 0.2) is 0 Å². The summed E-state index contributed by atoms with van der Waals surface area (Å²) < 4.78 is 16.4. The van der Waals surface area contributed by atoms with Gasteiger partial charge in [0.2, 0.25) is 0 Å². The number of rotatable bonds is 10. The quantitative estimate of drug-likeness (QED) is 0.343. The number of nitrogens with two attached hydrogens (primary N) is 1. The molecule has 0 aromatic heterocycles. The Balaban J connectivity index is 1.35. The number of allylic oxidation sites excluding steroid dienone is 1. The molecule has 1 unspecified atom stereocenters. The van der Waals surface area contributed by atoms with Gasteiger partial charge in [-0.3, -0.25) is 0 Å². The Bertz CT molecular complexity index is 1070. The fourth-order valence-electron chi connectivity index (χ4n) is 4.53. The van der Waals surface area contributed by atoms with E-state index in [1.54, 1.807) is 6.26 Å². The van der Waals surface area contributed by atoms with Crippen LogP contribution in [0.1, 0.15) is 42.7 Å². The molecule has 9 nitrogen and oxygen atoms in total. The van der Waals surface area contributed by atoms with E-state index in [-0.39, 0.29) is 38.2 Å². The molecule has 2 aromatic carbocycles. The van der Waals surface area contributed by atoms with E-state index in [4.69, 9.17) is 19.9 Å². The van der Waals surface area contributed by atoms with Gasteiger partial charge in [0.25, 0.3) is 0 Å². The van der Waals surface area contributed by atoms with E-state index >= 15 is 0 Å². The number of fused-ring (bicyclic) bond motifs is 3. The summed E-state index contributed by atoms with van der Waals surface area (Å²) >= 11 is 0. The number of ether oxygens (including phenoxy) is 3. The minimum absolute atomic E-state index is 0.0889. The molecule has 0 saturated heterocycles. The highest BCUT2D eigenvalue weighted by molar-refractivity contribution is 5.82. The van der Waals surface area contributed by atoms with Crippen molar-refractivity contribution in [3.05, 3.63) is 72.0 Å². The van der Waals surface area contributed by atoms with E-state index < -0.39 is 24.1 Å². The van der Waals surface area contributed by atoms with E-state index in [2.05, 4.69) is 22.8 Å². The van der Waals surface area contributed by atoms with Crippen LogP contribution in [-0.4, -0.2) is 50.0 Å². The highest BCUT2D eigenvalue weighted by atomic mass is 16.6. The Kier molecular flexibility index (Phi) is 8.44. The number of hydrogen-bond donors (Lipinski definition) is 3. The summed E-state index contributed by atoms with van der Waals surface area (Å²) in [6.07, 6.45) is 4.84. The van der Waals surface area contributed by atoms with Gasteiger partial charge in [-0.05, 0) is 54.0 Å². The van der Waals surface area contributed by atoms with Gasteiger partial charge in [-0.25, -0.2) is 14.4 Å². The minimum atomic E-state index is -0.936. The average molecular weight is 494 g/mol. The summed E-state index contributed by atoms with van der Waals surface area (Å²) in [4.78, 5) is 36.4. The summed E-state index contributed by atoms with van der Waals surface area (Å²) in [5.41, 5.74) is 9.55. The summed E-state index contributed by atoms with van der Waals surface area (Å²) in [6.45, 7) is 0.487. The van der Waals surface area contributed by atoms with Crippen molar-refractivity contribution in [1.29, 1.82) is 0 Å². The molecule has 36 heavy (non-hydrogen) atoms.